The fourth-order valence-electron chi connectivity index (χ4n) is 1.34. The van der Waals surface area contributed by atoms with E-state index < -0.39 is 0 Å². The number of ether oxygens (including phenoxy) is 2. The lowest BCUT2D eigenvalue weighted by molar-refractivity contribution is 0.140. The molecule has 3 N–H and O–H groups in total. The van der Waals surface area contributed by atoms with Crippen molar-refractivity contribution in [1.82, 2.24) is 0 Å². The van der Waals surface area contributed by atoms with Crippen molar-refractivity contribution in [3.05, 3.63) is 17.7 Å². The molecule has 0 fully saturated rings. The molecule has 1 aromatic carbocycles. The highest BCUT2D eigenvalue weighted by atomic mass is 16.7. The molecule has 1 heterocycles. The van der Waals surface area contributed by atoms with Crippen LogP contribution in [-0.4, -0.2) is 18.5 Å². The van der Waals surface area contributed by atoms with E-state index in [9.17, 15) is 5.11 Å². The van der Waals surface area contributed by atoms with Crippen LogP contribution in [0.4, 0.5) is 0 Å². The van der Waals surface area contributed by atoms with Gasteiger partial charge in [0.1, 0.15) is 5.75 Å². The van der Waals surface area contributed by atoms with E-state index >= 15 is 0 Å². The molecule has 0 atom stereocenters. The lowest BCUT2D eigenvalue weighted by atomic mass is 10.1. The minimum absolute atomic E-state index is 0.173. The van der Waals surface area contributed by atoms with Gasteiger partial charge in [-0.2, -0.15) is 0 Å². The monoisotopic (exact) mass is 197 g/mol. The zero-order valence-electron chi connectivity index (χ0n) is 7.53. The SMILES string of the molecule is NOCCc1cc2c(cc1O)OCO2. The summed E-state index contributed by atoms with van der Waals surface area (Å²) in [4.78, 5) is 4.44. The van der Waals surface area contributed by atoms with Crippen LogP contribution in [0.1, 0.15) is 5.56 Å². The number of benzene rings is 1. The van der Waals surface area contributed by atoms with Gasteiger partial charge in [0.25, 0.3) is 0 Å². The molecule has 5 heteroatoms. The first-order valence-electron chi connectivity index (χ1n) is 4.24. The lowest BCUT2D eigenvalue weighted by Crippen LogP contribution is -2.03. The molecule has 14 heavy (non-hydrogen) atoms. The molecule has 1 aliphatic heterocycles. The maximum atomic E-state index is 9.57. The molecule has 0 saturated heterocycles. The standard InChI is InChI=1S/C9H11NO4/c10-14-2-1-6-3-8-9(4-7(6)11)13-5-12-8/h3-4,11H,1-2,5,10H2. The average Bonchev–Trinajstić information content (AvgIpc) is 2.61. The highest BCUT2D eigenvalue weighted by molar-refractivity contribution is 5.51. The molecule has 0 bridgehead atoms. The zero-order chi connectivity index (χ0) is 9.97. The molecule has 0 aromatic heterocycles. The molecule has 0 unspecified atom stereocenters. The summed E-state index contributed by atoms with van der Waals surface area (Å²) >= 11 is 0. The topological polar surface area (TPSA) is 73.9 Å². The molecule has 0 radical (unpaired) electrons. The number of phenolic OH excluding ortho intramolecular Hbond substituents is 1. The summed E-state index contributed by atoms with van der Waals surface area (Å²) in [5.74, 6) is 6.29. The van der Waals surface area contributed by atoms with Gasteiger partial charge in [0, 0.05) is 18.1 Å². The quantitative estimate of drug-likeness (QED) is 0.692. The Balaban J connectivity index is 2.23. The summed E-state index contributed by atoms with van der Waals surface area (Å²) in [6, 6.07) is 3.27. The van der Waals surface area contributed by atoms with E-state index in [1.807, 2.05) is 0 Å². The van der Waals surface area contributed by atoms with Crippen molar-refractivity contribution >= 4 is 0 Å². The molecule has 1 aliphatic rings. The van der Waals surface area contributed by atoms with E-state index in [1.165, 1.54) is 6.07 Å². The van der Waals surface area contributed by atoms with Gasteiger partial charge in [-0.15, -0.1) is 0 Å². The number of nitrogens with two attached hydrogens (primary N) is 1. The summed E-state index contributed by atoms with van der Waals surface area (Å²) in [6.07, 6.45) is 0.541. The van der Waals surface area contributed by atoms with Gasteiger partial charge in [0.2, 0.25) is 6.79 Å². The summed E-state index contributed by atoms with van der Waals surface area (Å²) in [7, 11) is 0. The van der Waals surface area contributed by atoms with Crippen molar-refractivity contribution in [1.29, 1.82) is 0 Å². The molecule has 1 aromatic rings. The molecular formula is C9H11NO4. The number of phenols is 1. The van der Waals surface area contributed by atoms with Crippen LogP contribution in [-0.2, 0) is 11.3 Å². The summed E-state index contributed by atoms with van der Waals surface area (Å²) in [5.41, 5.74) is 0.736. The van der Waals surface area contributed by atoms with Gasteiger partial charge in [-0.05, 0) is 6.07 Å². The third kappa shape index (κ3) is 1.59. The number of aromatic hydroxyl groups is 1. The minimum Gasteiger partial charge on any atom is -0.508 e. The van der Waals surface area contributed by atoms with E-state index in [0.717, 1.165) is 5.56 Å². The number of hydrogen-bond donors (Lipinski definition) is 2. The molecule has 0 amide bonds. The number of rotatable bonds is 3. The van der Waals surface area contributed by atoms with Crippen LogP contribution in [0.25, 0.3) is 0 Å². The van der Waals surface area contributed by atoms with Gasteiger partial charge < -0.3 is 19.4 Å². The van der Waals surface area contributed by atoms with Crippen molar-refractivity contribution in [2.45, 2.75) is 6.42 Å². The van der Waals surface area contributed by atoms with Crippen molar-refractivity contribution < 1.29 is 19.4 Å². The lowest BCUT2D eigenvalue weighted by Gasteiger charge is -2.04. The normalized spacial score (nSPS) is 13.2. The van der Waals surface area contributed by atoms with Crippen molar-refractivity contribution in [3.63, 3.8) is 0 Å². The Morgan fingerprint density at radius 2 is 2.07 bits per heavy atom. The average molecular weight is 197 g/mol. The maximum Gasteiger partial charge on any atom is 0.231 e. The van der Waals surface area contributed by atoms with Gasteiger partial charge in [0.05, 0.1) is 6.61 Å². The number of hydrogen-bond acceptors (Lipinski definition) is 5. The van der Waals surface area contributed by atoms with Crippen LogP contribution in [0, 0.1) is 0 Å². The third-order valence-electron chi connectivity index (χ3n) is 2.06. The Morgan fingerprint density at radius 1 is 1.36 bits per heavy atom. The van der Waals surface area contributed by atoms with Gasteiger partial charge in [-0.3, -0.25) is 0 Å². The Morgan fingerprint density at radius 3 is 2.79 bits per heavy atom. The smallest absolute Gasteiger partial charge is 0.231 e. The first kappa shape index (κ1) is 9.11. The molecular weight excluding hydrogens is 186 g/mol. The van der Waals surface area contributed by atoms with Gasteiger partial charge >= 0.3 is 0 Å². The maximum absolute atomic E-state index is 9.57. The molecule has 76 valence electrons. The van der Waals surface area contributed by atoms with Crippen LogP contribution >= 0.6 is 0 Å². The Bertz CT molecular complexity index is 340. The Labute approximate surface area is 80.9 Å². The van der Waals surface area contributed by atoms with E-state index in [2.05, 4.69) is 4.84 Å². The van der Waals surface area contributed by atoms with Crippen LogP contribution in [0.15, 0.2) is 12.1 Å². The van der Waals surface area contributed by atoms with E-state index in [1.54, 1.807) is 6.07 Å². The summed E-state index contributed by atoms with van der Waals surface area (Å²) in [6.45, 7) is 0.554. The fourth-order valence-corrected chi connectivity index (χ4v) is 1.34. The Kier molecular flexibility index (Phi) is 2.43. The second kappa shape index (κ2) is 3.73. The van der Waals surface area contributed by atoms with Gasteiger partial charge in [0.15, 0.2) is 11.5 Å². The van der Waals surface area contributed by atoms with E-state index in [-0.39, 0.29) is 12.5 Å². The fraction of sp³-hybridized carbons (Fsp3) is 0.333. The second-order valence-corrected chi connectivity index (χ2v) is 2.95. The number of fused-ring (bicyclic) bond motifs is 1. The largest absolute Gasteiger partial charge is 0.508 e. The van der Waals surface area contributed by atoms with Gasteiger partial charge in [-0.25, -0.2) is 5.90 Å². The molecule has 0 saturated carbocycles. The second-order valence-electron chi connectivity index (χ2n) is 2.95. The van der Waals surface area contributed by atoms with Crippen LogP contribution in [0.2, 0.25) is 0 Å². The van der Waals surface area contributed by atoms with Crippen LogP contribution < -0.4 is 15.4 Å². The first-order chi connectivity index (χ1) is 6.81. The highest BCUT2D eigenvalue weighted by Crippen LogP contribution is 2.37. The minimum atomic E-state index is 0.173. The zero-order valence-corrected chi connectivity index (χ0v) is 7.53. The molecule has 2 rings (SSSR count). The van der Waals surface area contributed by atoms with Crippen LogP contribution in [0.5, 0.6) is 17.2 Å². The predicted octanol–water partition coefficient (Wildman–Crippen LogP) is 0.554. The summed E-state index contributed by atoms with van der Waals surface area (Å²) in [5, 5.41) is 9.57. The highest BCUT2D eigenvalue weighted by Gasteiger charge is 2.16. The summed E-state index contributed by atoms with van der Waals surface area (Å²) < 4.78 is 10.3. The van der Waals surface area contributed by atoms with Crippen molar-refractivity contribution in [2.75, 3.05) is 13.4 Å². The predicted molar refractivity (Wildman–Crippen MR) is 48.1 cm³/mol. The molecule has 0 spiro atoms. The molecule has 0 aliphatic carbocycles. The first-order valence-corrected chi connectivity index (χ1v) is 4.24. The molecule has 5 nitrogen and oxygen atoms in total. The van der Waals surface area contributed by atoms with Crippen molar-refractivity contribution in [3.8, 4) is 17.2 Å². The van der Waals surface area contributed by atoms with Gasteiger partial charge in [-0.1, -0.05) is 0 Å². The van der Waals surface area contributed by atoms with E-state index in [0.29, 0.717) is 24.5 Å². The third-order valence-corrected chi connectivity index (χ3v) is 2.06. The Hall–Kier alpha value is -1.46. The van der Waals surface area contributed by atoms with E-state index in [4.69, 9.17) is 15.4 Å². The van der Waals surface area contributed by atoms with Crippen molar-refractivity contribution in [2.24, 2.45) is 5.90 Å². The van der Waals surface area contributed by atoms with Crippen LogP contribution in [0.3, 0.4) is 0 Å².